The van der Waals surface area contributed by atoms with Crippen molar-refractivity contribution in [3.63, 3.8) is 0 Å². The lowest BCUT2D eigenvalue weighted by molar-refractivity contribution is 0.0373. The molecule has 6 heteroatoms. The number of nitrogens with zero attached hydrogens (tertiary/aromatic N) is 2. The van der Waals surface area contributed by atoms with E-state index in [-0.39, 0.29) is 11.6 Å². The molecule has 2 fully saturated rings. The minimum absolute atomic E-state index is 0.0442. The molecule has 0 amide bonds. The van der Waals surface area contributed by atoms with Crippen LogP contribution in [-0.4, -0.2) is 69.5 Å². The van der Waals surface area contributed by atoms with Crippen LogP contribution in [0.4, 0.5) is 0 Å². The normalized spacial score (nSPS) is 20.0. The first-order valence-electron chi connectivity index (χ1n) is 11.6. The molecule has 1 saturated carbocycles. The van der Waals surface area contributed by atoms with Gasteiger partial charge in [0.15, 0.2) is 5.96 Å². The summed E-state index contributed by atoms with van der Waals surface area (Å²) in [6.45, 7) is 10.0. The number of hydrogen-bond donors (Lipinski definition) is 2. The van der Waals surface area contributed by atoms with Crippen molar-refractivity contribution in [2.24, 2.45) is 10.9 Å². The summed E-state index contributed by atoms with van der Waals surface area (Å²) in [6, 6.07) is 10.9. The summed E-state index contributed by atoms with van der Waals surface area (Å²) in [4.78, 5) is 7.22. The van der Waals surface area contributed by atoms with Gasteiger partial charge >= 0.3 is 0 Å². The summed E-state index contributed by atoms with van der Waals surface area (Å²) < 4.78 is 11.5. The molecule has 2 N–H and O–H groups in total. The van der Waals surface area contributed by atoms with Gasteiger partial charge in [-0.25, -0.2) is 0 Å². The molecule has 1 saturated heterocycles. The summed E-state index contributed by atoms with van der Waals surface area (Å²) >= 11 is 0. The predicted octanol–water partition coefficient (Wildman–Crippen LogP) is 3.21. The van der Waals surface area contributed by atoms with Crippen molar-refractivity contribution in [1.29, 1.82) is 0 Å². The molecule has 0 radical (unpaired) electrons. The van der Waals surface area contributed by atoms with E-state index < -0.39 is 0 Å². The number of aliphatic imine (C=N–C) groups is 1. The fraction of sp³-hybridized carbons (Fsp3) is 0.708. The Hall–Kier alpha value is -1.63. The van der Waals surface area contributed by atoms with E-state index in [1.165, 1.54) is 18.4 Å². The van der Waals surface area contributed by atoms with Crippen molar-refractivity contribution in [3.05, 3.63) is 35.9 Å². The molecule has 1 heterocycles. The monoisotopic (exact) mass is 416 g/mol. The van der Waals surface area contributed by atoms with Crippen LogP contribution in [0.15, 0.2) is 35.3 Å². The van der Waals surface area contributed by atoms with E-state index in [1.54, 1.807) is 0 Å². The summed E-state index contributed by atoms with van der Waals surface area (Å²) in [5, 5.41) is 7.35. The van der Waals surface area contributed by atoms with Gasteiger partial charge in [-0.05, 0) is 51.0 Å². The van der Waals surface area contributed by atoms with Crippen LogP contribution in [0.1, 0.15) is 51.1 Å². The van der Waals surface area contributed by atoms with E-state index in [0.717, 1.165) is 70.8 Å². The molecule has 1 aromatic rings. The molecular formula is C24H40N4O2. The minimum atomic E-state index is -0.0442. The number of nitrogens with one attached hydrogen (secondary N) is 2. The van der Waals surface area contributed by atoms with Crippen LogP contribution in [0.25, 0.3) is 0 Å². The zero-order chi connectivity index (χ0) is 21.2. The van der Waals surface area contributed by atoms with Crippen LogP contribution in [0.3, 0.4) is 0 Å². The largest absolute Gasteiger partial charge is 0.381 e. The zero-order valence-corrected chi connectivity index (χ0v) is 19.0. The molecule has 1 aliphatic carbocycles. The van der Waals surface area contributed by atoms with E-state index >= 15 is 0 Å². The molecular weight excluding hydrogens is 376 g/mol. The van der Waals surface area contributed by atoms with Gasteiger partial charge in [0.05, 0.1) is 13.2 Å². The van der Waals surface area contributed by atoms with Gasteiger partial charge in [0.25, 0.3) is 0 Å². The van der Waals surface area contributed by atoms with Crippen molar-refractivity contribution >= 4 is 5.96 Å². The van der Waals surface area contributed by atoms with Crippen molar-refractivity contribution in [3.8, 4) is 0 Å². The van der Waals surface area contributed by atoms with Crippen LogP contribution >= 0.6 is 0 Å². The Balaban J connectivity index is 1.60. The van der Waals surface area contributed by atoms with Gasteiger partial charge in [-0.2, -0.15) is 0 Å². The van der Waals surface area contributed by atoms with E-state index in [2.05, 4.69) is 66.8 Å². The molecule has 168 valence electrons. The van der Waals surface area contributed by atoms with Crippen LogP contribution < -0.4 is 10.6 Å². The lowest BCUT2D eigenvalue weighted by Gasteiger charge is -2.39. The summed E-state index contributed by atoms with van der Waals surface area (Å²) in [6.07, 6.45) is 4.61. The highest BCUT2D eigenvalue weighted by molar-refractivity contribution is 5.79. The van der Waals surface area contributed by atoms with E-state index in [4.69, 9.17) is 14.5 Å². The molecule has 3 rings (SSSR count). The Bertz CT molecular complexity index is 642. The maximum absolute atomic E-state index is 5.82. The number of ether oxygens (including phenoxy) is 2. The van der Waals surface area contributed by atoms with Gasteiger partial charge in [0.1, 0.15) is 0 Å². The maximum Gasteiger partial charge on any atom is 0.193 e. The minimum Gasteiger partial charge on any atom is -0.381 e. The average molecular weight is 417 g/mol. The van der Waals surface area contributed by atoms with Gasteiger partial charge < -0.3 is 25.0 Å². The van der Waals surface area contributed by atoms with E-state index in [0.29, 0.717) is 0 Å². The molecule has 1 aliphatic heterocycles. The maximum atomic E-state index is 5.82. The van der Waals surface area contributed by atoms with Gasteiger partial charge in [-0.15, -0.1) is 0 Å². The topological polar surface area (TPSA) is 58.1 Å². The SMILES string of the molecule is CCNC(=NCC1(NC(C)c2ccccc2)CCOCC1)N(C)CCOCC1CC1. The predicted molar refractivity (Wildman–Crippen MR) is 123 cm³/mol. The third-order valence-corrected chi connectivity index (χ3v) is 6.12. The second-order valence-electron chi connectivity index (χ2n) is 8.78. The highest BCUT2D eigenvalue weighted by atomic mass is 16.5. The molecule has 2 aliphatic rings. The van der Waals surface area contributed by atoms with Crippen LogP contribution in [-0.2, 0) is 9.47 Å². The standard InChI is InChI=1S/C24H40N4O2/c1-4-25-23(28(3)14-17-30-18-21-10-11-21)26-19-24(12-15-29-16-13-24)27-20(2)22-8-6-5-7-9-22/h5-9,20-21,27H,4,10-19H2,1-3H3,(H,25,26). The molecule has 1 atom stereocenters. The third-order valence-electron chi connectivity index (χ3n) is 6.12. The fourth-order valence-electron chi connectivity index (χ4n) is 3.93. The zero-order valence-electron chi connectivity index (χ0n) is 19.0. The van der Waals surface area contributed by atoms with Crippen molar-refractivity contribution in [2.45, 2.75) is 51.1 Å². The summed E-state index contributed by atoms with van der Waals surface area (Å²) in [5.41, 5.74) is 1.27. The lowest BCUT2D eigenvalue weighted by atomic mass is 9.88. The first kappa shape index (κ1) is 23.0. The Labute approximate surface area is 182 Å². The Morgan fingerprint density at radius 1 is 1.27 bits per heavy atom. The number of benzene rings is 1. The van der Waals surface area contributed by atoms with Gasteiger partial charge in [0, 0.05) is 51.5 Å². The second kappa shape index (κ2) is 11.7. The fourth-order valence-corrected chi connectivity index (χ4v) is 3.93. The molecule has 0 spiro atoms. The van der Waals surface area contributed by atoms with E-state index in [1.807, 2.05) is 0 Å². The first-order valence-corrected chi connectivity index (χ1v) is 11.6. The van der Waals surface area contributed by atoms with Crippen molar-refractivity contribution in [1.82, 2.24) is 15.5 Å². The molecule has 0 bridgehead atoms. The number of guanidine groups is 1. The molecule has 0 aromatic heterocycles. The smallest absolute Gasteiger partial charge is 0.193 e. The summed E-state index contributed by atoms with van der Waals surface area (Å²) in [7, 11) is 2.10. The number of rotatable bonds is 11. The highest BCUT2D eigenvalue weighted by Crippen LogP contribution is 2.28. The van der Waals surface area contributed by atoms with Gasteiger partial charge in [0.2, 0.25) is 0 Å². The highest BCUT2D eigenvalue weighted by Gasteiger charge is 2.34. The van der Waals surface area contributed by atoms with Gasteiger partial charge in [-0.1, -0.05) is 30.3 Å². The summed E-state index contributed by atoms with van der Waals surface area (Å²) in [5.74, 6) is 1.76. The Morgan fingerprint density at radius 2 is 2.00 bits per heavy atom. The second-order valence-corrected chi connectivity index (χ2v) is 8.78. The van der Waals surface area contributed by atoms with Crippen LogP contribution in [0, 0.1) is 5.92 Å². The third kappa shape index (κ3) is 7.25. The molecule has 1 unspecified atom stereocenters. The molecule has 6 nitrogen and oxygen atoms in total. The molecule has 1 aromatic carbocycles. The van der Waals surface area contributed by atoms with E-state index in [9.17, 15) is 0 Å². The van der Waals surface area contributed by atoms with Crippen molar-refractivity contribution in [2.75, 3.05) is 53.1 Å². The average Bonchev–Trinajstić information content (AvgIpc) is 3.60. The van der Waals surface area contributed by atoms with Crippen LogP contribution in [0.2, 0.25) is 0 Å². The molecule has 30 heavy (non-hydrogen) atoms. The number of likely N-dealkylation sites (N-methyl/N-ethyl adjacent to an activating group) is 1. The Kier molecular flexibility index (Phi) is 8.97. The number of hydrogen-bond acceptors (Lipinski definition) is 4. The lowest BCUT2D eigenvalue weighted by Crippen LogP contribution is -2.53. The quantitative estimate of drug-likeness (QED) is 0.330. The van der Waals surface area contributed by atoms with Crippen LogP contribution in [0.5, 0.6) is 0 Å². The van der Waals surface area contributed by atoms with Crippen molar-refractivity contribution < 1.29 is 9.47 Å². The Morgan fingerprint density at radius 3 is 2.67 bits per heavy atom. The van der Waals surface area contributed by atoms with Gasteiger partial charge in [-0.3, -0.25) is 4.99 Å². The first-order chi connectivity index (χ1) is 14.6.